The lowest BCUT2D eigenvalue weighted by Gasteiger charge is -2.23. The third-order valence-corrected chi connectivity index (χ3v) is 6.61. The molecule has 0 spiro atoms. The van der Waals surface area contributed by atoms with Crippen molar-refractivity contribution in [3.05, 3.63) is 69.2 Å². The number of hydrogen-bond acceptors (Lipinski definition) is 5. The largest absolute Gasteiger partial charge is 0.322 e. The van der Waals surface area contributed by atoms with Crippen LogP contribution in [0.2, 0.25) is 0 Å². The predicted molar refractivity (Wildman–Crippen MR) is 123 cm³/mol. The number of hydrogen-bond donors (Lipinski definition) is 2. The first kappa shape index (κ1) is 21.0. The zero-order chi connectivity index (χ0) is 22.0. The van der Waals surface area contributed by atoms with Gasteiger partial charge in [-0.3, -0.25) is 4.79 Å². The molecule has 1 fully saturated rings. The molecule has 0 bridgehead atoms. The van der Waals surface area contributed by atoms with Crippen molar-refractivity contribution in [1.82, 2.24) is 15.1 Å². The summed E-state index contributed by atoms with van der Waals surface area (Å²) in [5.74, 6) is -0.294. The molecule has 2 aromatic carbocycles. The lowest BCUT2D eigenvalue weighted by Crippen LogP contribution is -2.34. The predicted octanol–water partition coefficient (Wildman–Crippen LogP) is 5.08. The minimum Gasteiger partial charge on any atom is -0.320 e. The van der Waals surface area contributed by atoms with Crippen LogP contribution in [-0.4, -0.2) is 33.6 Å². The van der Waals surface area contributed by atoms with Crippen LogP contribution in [0.5, 0.6) is 0 Å². The Morgan fingerprint density at radius 2 is 1.81 bits per heavy atom. The Balaban J connectivity index is 1.46. The van der Waals surface area contributed by atoms with Crippen molar-refractivity contribution >= 4 is 34.6 Å². The number of carbonyl (C=O) groups is 2. The monoisotopic (exact) mass is 435 g/mol. The van der Waals surface area contributed by atoms with E-state index in [4.69, 9.17) is 0 Å². The number of nitrogens with zero attached hydrogens (tertiary/aromatic N) is 3. The number of nitrogens with one attached hydrogen (secondary N) is 2. The highest BCUT2D eigenvalue weighted by molar-refractivity contribution is 7.13. The van der Waals surface area contributed by atoms with Gasteiger partial charge in [-0.2, -0.15) is 0 Å². The number of amides is 3. The van der Waals surface area contributed by atoms with Crippen LogP contribution in [0.25, 0.3) is 0 Å². The molecule has 3 aromatic rings. The van der Waals surface area contributed by atoms with Crippen molar-refractivity contribution in [1.29, 1.82) is 0 Å². The number of likely N-dealkylation sites (tertiary alicyclic amines) is 1. The highest BCUT2D eigenvalue weighted by Crippen LogP contribution is 2.34. The van der Waals surface area contributed by atoms with Crippen LogP contribution in [0.1, 0.15) is 50.4 Å². The first-order chi connectivity index (χ1) is 14.9. The second-order valence-corrected chi connectivity index (χ2v) is 8.80. The summed E-state index contributed by atoms with van der Waals surface area (Å²) in [6.45, 7) is 6.66. The highest BCUT2D eigenvalue weighted by atomic mass is 32.1. The van der Waals surface area contributed by atoms with E-state index in [2.05, 4.69) is 20.8 Å². The van der Waals surface area contributed by atoms with Crippen molar-refractivity contribution in [2.45, 2.75) is 39.7 Å². The maximum Gasteiger partial charge on any atom is 0.322 e. The summed E-state index contributed by atoms with van der Waals surface area (Å²) < 4.78 is 0. The van der Waals surface area contributed by atoms with Crippen molar-refractivity contribution in [3.8, 4) is 0 Å². The number of aryl methyl sites for hydroxylation is 2. The molecule has 0 unspecified atom stereocenters. The third-order valence-electron chi connectivity index (χ3n) is 5.59. The number of rotatable bonds is 4. The normalized spacial score (nSPS) is 15.7. The summed E-state index contributed by atoms with van der Waals surface area (Å²) in [4.78, 5) is 27.3. The topological polar surface area (TPSA) is 87.2 Å². The van der Waals surface area contributed by atoms with E-state index in [0.717, 1.165) is 35.2 Å². The SMILES string of the molecule is Cc1ccc(NC(=O)c2nnc([C@H]3CCCN3C(=O)Nc3cccc(C)c3C)s2)cc1. The summed E-state index contributed by atoms with van der Waals surface area (Å²) in [5.41, 5.74) is 4.83. The van der Waals surface area contributed by atoms with Gasteiger partial charge in [0.15, 0.2) is 0 Å². The number of carbonyl (C=O) groups excluding carboxylic acids is 2. The molecule has 160 valence electrons. The molecule has 0 saturated carbocycles. The van der Waals surface area contributed by atoms with Crippen LogP contribution in [0.15, 0.2) is 42.5 Å². The molecule has 2 heterocycles. The van der Waals surface area contributed by atoms with E-state index in [0.29, 0.717) is 17.2 Å². The molecule has 1 aromatic heterocycles. The Hall–Kier alpha value is -3.26. The number of benzene rings is 2. The second kappa shape index (κ2) is 8.85. The van der Waals surface area contributed by atoms with Crippen molar-refractivity contribution in [2.24, 2.45) is 0 Å². The zero-order valence-electron chi connectivity index (χ0n) is 17.8. The van der Waals surface area contributed by atoms with Crippen molar-refractivity contribution < 1.29 is 9.59 Å². The van der Waals surface area contributed by atoms with E-state index in [9.17, 15) is 9.59 Å². The standard InChI is InChI=1S/C23H25N5O2S/c1-14-9-11-17(12-10-14)24-20(29)22-27-26-21(31-22)19-8-5-13-28(19)23(30)25-18-7-4-6-15(2)16(18)3/h4,6-7,9-12,19H,5,8,13H2,1-3H3,(H,24,29)(H,25,30)/t19-/m1/s1. The molecule has 8 heteroatoms. The summed E-state index contributed by atoms with van der Waals surface area (Å²) >= 11 is 1.24. The molecule has 1 saturated heterocycles. The Morgan fingerprint density at radius 3 is 2.58 bits per heavy atom. The molecule has 1 aliphatic heterocycles. The quantitative estimate of drug-likeness (QED) is 0.598. The molecule has 0 aliphatic carbocycles. The van der Waals surface area contributed by atoms with E-state index in [1.54, 1.807) is 4.90 Å². The molecule has 3 amide bonds. The van der Waals surface area contributed by atoms with E-state index in [1.165, 1.54) is 11.3 Å². The molecular formula is C23H25N5O2S. The molecule has 0 radical (unpaired) electrons. The third kappa shape index (κ3) is 4.59. The number of aromatic nitrogens is 2. The Morgan fingerprint density at radius 1 is 1.03 bits per heavy atom. The highest BCUT2D eigenvalue weighted by Gasteiger charge is 2.33. The summed E-state index contributed by atoms with van der Waals surface area (Å²) in [7, 11) is 0. The maximum atomic E-state index is 13.0. The van der Waals surface area contributed by atoms with Crippen molar-refractivity contribution in [2.75, 3.05) is 17.2 Å². The number of urea groups is 1. The molecule has 31 heavy (non-hydrogen) atoms. The lowest BCUT2D eigenvalue weighted by atomic mass is 10.1. The number of anilines is 2. The average Bonchev–Trinajstić information content (AvgIpc) is 3.42. The molecule has 1 aliphatic rings. The summed E-state index contributed by atoms with van der Waals surface area (Å²) in [6.07, 6.45) is 1.68. The Labute approximate surface area is 185 Å². The molecule has 4 rings (SSSR count). The Bertz CT molecular complexity index is 1110. The van der Waals surface area contributed by atoms with Crippen LogP contribution >= 0.6 is 11.3 Å². The molecule has 1 atom stereocenters. The Kier molecular flexibility index (Phi) is 5.99. The van der Waals surface area contributed by atoms with E-state index >= 15 is 0 Å². The van der Waals surface area contributed by atoms with Crippen LogP contribution in [0.3, 0.4) is 0 Å². The van der Waals surface area contributed by atoms with Gasteiger partial charge in [0.1, 0.15) is 5.01 Å². The van der Waals surface area contributed by atoms with Gasteiger partial charge in [0, 0.05) is 17.9 Å². The summed E-state index contributed by atoms with van der Waals surface area (Å²) in [5, 5.41) is 15.1. The van der Waals surface area contributed by atoms with E-state index < -0.39 is 0 Å². The van der Waals surface area contributed by atoms with E-state index in [-0.39, 0.29) is 23.0 Å². The van der Waals surface area contributed by atoms with Gasteiger partial charge in [0.2, 0.25) is 5.01 Å². The first-order valence-corrected chi connectivity index (χ1v) is 11.1. The first-order valence-electron chi connectivity index (χ1n) is 10.3. The molecular weight excluding hydrogens is 410 g/mol. The van der Waals surface area contributed by atoms with Crippen LogP contribution in [-0.2, 0) is 0 Å². The van der Waals surface area contributed by atoms with Gasteiger partial charge >= 0.3 is 6.03 Å². The summed E-state index contributed by atoms with van der Waals surface area (Å²) in [6, 6.07) is 13.1. The van der Waals surface area contributed by atoms with Crippen molar-refractivity contribution in [3.63, 3.8) is 0 Å². The average molecular weight is 436 g/mol. The van der Waals surface area contributed by atoms with Gasteiger partial charge in [-0.05, 0) is 62.9 Å². The van der Waals surface area contributed by atoms with Gasteiger partial charge in [-0.1, -0.05) is 41.2 Å². The van der Waals surface area contributed by atoms with Gasteiger partial charge in [-0.25, -0.2) is 4.79 Å². The van der Waals surface area contributed by atoms with Crippen LogP contribution < -0.4 is 10.6 Å². The van der Waals surface area contributed by atoms with Crippen LogP contribution in [0.4, 0.5) is 16.2 Å². The van der Waals surface area contributed by atoms with Gasteiger partial charge < -0.3 is 15.5 Å². The fourth-order valence-corrected chi connectivity index (χ4v) is 4.51. The minimum absolute atomic E-state index is 0.156. The lowest BCUT2D eigenvalue weighted by molar-refractivity contribution is 0.102. The molecule has 2 N–H and O–H groups in total. The maximum absolute atomic E-state index is 13.0. The van der Waals surface area contributed by atoms with Crippen LogP contribution in [0, 0.1) is 20.8 Å². The smallest absolute Gasteiger partial charge is 0.320 e. The minimum atomic E-state index is -0.294. The van der Waals surface area contributed by atoms with Gasteiger partial charge in [0.25, 0.3) is 5.91 Å². The van der Waals surface area contributed by atoms with Gasteiger partial charge in [-0.15, -0.1) is 10.2 Å². The van der Waals surface area contributed by atoms with Gasteiger partial charge in [0.05, 0.1) is 6.04 Å². The fraction of sp³-hybridized carbons (Fsp3) is 0.304. The second-order valence-electron chi connectivity index (χ2n) is 7.79. The molecule has 7 nitrogen and oxygen atoms in total. The fourth-order valence-electron chi connectivity index (χ4n) is 3.62. The zero-order valence-corrected chi connectivity index (χ0v) is 18.6. The van der Waals surface area contributed by atoms with E-state index in [1.807, 2.05) is 63.2 Å².